The number of carboxylic acids is 1. The molecule has 4 rings (SSSR count). The van der Waals surface area contributed by atoms with Crippen molar-refractivity contribution in [3.63, 3.8) is 0 Å². The van der Waals surface area contributed by atoms with Crippen LogP contribution >= 0.6 is 0 Å². The average molecular weight is 593 g/mol. The molecule has 0 radical (unpaired) electrons. The molecule has 1 aliphatic rings. The third-order valence-corrected chi connectivity index (χ3v) is 8.93. The summed E-state index contributed by atoms with van der Waals surface area (Å²) in [4.78, 5) is 27.8. The normalized spacial score (nSPS) is 18.1. The van der Waals surface area contributed by atoms with Gasteiger partial charge in [-0.3, -0.25) is 9.69 Å². The first-order valence-corrected chi connectivity index (χ1v) is 16.3. The van der Waals surface area contributed by atoms with E-state index in [4.69, 9.17) is 4.74 Å². The van der Waals surface area contributed by atoms with Gasteiger partial charge in [-0.05, 0) is 72.6 Å². The predicted molar refractivity (Wildman–Crippen MR) is 164 cm³/mol. The van der Waals surface area contributed by atoms with Crippen molar-refractivity contribution in [3.05, 3.63) is 95.1 Å². The Kier molecular flexibility index (Phi) is 10.5. The molecule has 0 aliphatic carbocycles. The summed E-state index contributed by atoms with van der Waals surface area (Å²) in [7, 11) is -1.66. The summed E-state index contributed by atoms with van der Waals surface area (Å²) < 4.78 is 28.9. The Morgan fingerprint density at radius 2 is 1.67 bits per heavy atom. The van der Waals surface area contributed by atoms with Crippen LogP contribution in [0.15, 0.2) is 72.8 Å². The van der Waals surface area contributed by atoms with Gasteiger partial charge in [0.2, 0.25) is 0 Å². The van der Waals surface area contributed by atoms with Gasteiger partial charge in [-0.25, -0.2) is 13.2 Å². The molecule has 1 saturated heterocycles. The van der Waals surface area contributed by atoms with Gasteiger partial charge in [-0.1, -0.05) is 60.7 Å². The Bertz CT molecular complexity index is 1490. The minimum atomic E-state index is -3.39. The van der Waals surface area contributed by atoms with Crippen molar-refractivity contribution in [2.24, 2.45) is 0 Å². The zero-order chi connectivity index (χ0) is 30.3. The van der Waals surface area contributed by atoms with Crippen molar-refractivity contribution >= 4 is 21.7 Å². The van der Waals surface area contributed by atoms with Crippen LogP contribution in [-0.4, -0.2) is 74.2 Å². The minimum absolute atomic E-state index is 0.212. The molecule has 3 aromatic carbocycles. The summed E-state index contributed by atoms with van der Waals surface area (Å²) >= 11 is 0. The second-order valence-electron chi connectivity index (χ2n) is 11.2. The number of methoxy groups -OCH3 is 1. The number of likely N-dealkylation sites (tertiary alicyclic amines) is 1. The summed E-state index contributed by atoms with van der Waals surface area (Å²) in [6.07, 6.45) is 3.88. The van der Waals surface area contributed by atoms with E-state index < -0.39 is 27.8 Å². The Labute approximate surface area is 248 Å². The van der Waals surface area contributed by atoms with E-state index in [-0.39, 0.29) is 18.2 Å². The van der Waals surface area contributed by atoms with E-state index in [1.54, 1.807) is 13.2 Å². The fourth-order valence-corrected chi connectivity index (χ4v) is 6.44. The van der Waals surface area contributed by atoms with Crippen molar-refractivity contribution in [2.45, 2.75) is 57.3 Å². The summed E-state index contributed by atoms with van der Waals surface area (Å²) in [6.45, 7) is 3.29. The van der Waals surface area contributed by atoms with Gasteiger partial charge in [0.05, 0.1) is 12.4 Å². The van der Waals surface area contributed by atoms with Crippen molar-refractivity contribution < 1.29 is 27.9 Å². The predicted octanol–water partition coefficient (Wildman–Crippen LogP) is 4.50. The number of ether oxygens (including phenoxy) is 1. The van der Waals surface area contributed by atoms with Crippen LogP contribution in [0.25, 0.3) is 11.1 Å². The van der Waals surface area contributed by atoms with E-state index in [1.165, 1.54) is 5.56 Å². The number of amides is 1. The van der Waals surface area contributed by atoms with Crippen LogP contribution in [0.5, 0.6) is 0 Å². The molecule has 2 N–H and O–H groups in total. The summed E-state index contributed by atoms with van der Waals surface area (Å²) in [5.74, 6) is -2.17. The van der Waals surface area contributed by atoms with Gasteiger partial charge in [-0.15, -0.1) is 0 Å². The van der Waals surface area contributed by atoms with Gasteiger partial charge in [-0.2, -0.15) is 0 Å². The summed E-state index contributed by atoms with van der Waals surface area (Å²) in [5.41, 5.74) is 5.24. The molecule has 1 unspecified atom stereocenters. The van der Waals surface area contributed by atoms with Gasteiger partial charge in [0.1, 0.15) is 15.9 Å². The van der Waals surface area contributed by atoms with Crippen molar-refractivity contribution in [2.75, 3.05) is 25.7 Å². The van der Waals surface area contributed by atoms with Crippen molar-refractivity contribution in [3.8, 4) is 11.1 Å². The van der Waals surface area contributed by atoms with E-state index in [0.717, 1.165) is 42.2 Å². The molecule has 3 atom stereocenters. The highest BCUT2D eigenvalue weighted by atomic mass is 32.2. The van der Waals surface area contributed by atoms with Gasteiger partial charge in [0.15, 0.2) is 0 Å². The molecule has 0 aromatic heterocycles. The van der Waals surface area contributed by atoms with Crippen LogP contribution < -0.4 is 5.32 Å². The zero-order valence-corrected chi connectivity index (χ0v) is 25.3. The van der Waals surface area contributed by atoms with Gasteiger partial charge >= 0.3 is 5.97 Å². The first-order chi connectivity index (χ1) is 20.1. The monoisotopic (exact) mass is 592 g/mol. The highest BCUT2D eigenvalue weighted by Crippen LogP contribution is 2.32. The van der Waals surface area contributed by atoms with E-state index in [0.29, 0.717) is 30.3 Å². The highest BCUT2D eigenvalue weighted by Gasteiger charge is 2.33. The molecule has 42 heavy (non-hydrogen) atoms. The minimum Gasteiger partial charge on any atom is -0.480 e. The number of sulfone groups is 1. The van der Waals surface area contributed by atoms with Crippen molar-refractivity contribution in [1.29, 1.82) is 0 Å². The second-order valence-corrected chi connectivity index (χ2v) is 13.4. The van der Waals surface area contributed by atoms with Gasteiger partial charge < -0.3 is 15.2 Å². The number of hydrogen-bond donors (Lipinski definition) is 2. The first kappa shape index (κ1) is 31.4. The third kappa shape index (κ3) is 8.27. The molecule has 3 aromatic rings. The fraction of sp³-hybridized carbons (Fsp3) is 0.394. The molecule has 1 heterocycles. The number of carbonyl (C=O) groups is 2. The van der Waals surface area contributed by atoms with E-state index in [9.17, 15) is 23.1 Å². The number of carbonyl (C=O) groups excluding carboxylic acids is 1. The largest absolute Gasteiger partial charge is 0.480 e. The molecule has 0 spiro atoms. The second kappa shape index (κ2) is 14.1. The molecule has 224 valence electrons. The number of carboxylic acid groups (broad SMARTS) is 1. The number of aliphatic carboxylic acids is 1. The molecule has 0 saturated carbocycles. The van der Waals surface area contributed by atoms with Crippen LogP contribution in [0.3, 0.4) is 0 Å². The van der Waals surface area contributed by atoms with Crippen LogP contribution in [0.1, 0.15) is 46.3 Å². The number of hydrogen-bond acceptors (Lipinski definition) is 6. The molecule has 9 heteroatoms. The van der Waals surface area contributed by atoms with Crippen LogP contribution in [0, 0.1) is 6.92 Å². The summed E-state index contributed by atoms with van der Waals surface area (Å²) in [6, 6.07) is 23.2. The molecule has 8 nitrogen and oxygen atoms in total. The van der Waals surface area contributed by atoms with Crippen LogP contribution in [-0.2, 0) is 32.3 Å². The standard InChI is InChI=1S/C33H40N2O6S/c1-23-9-7-8-12-28(23)30-20-25(13-16-29(30)32(36)34-31(33(37)38)17-18-42(3,39)40)21-35-26(14-15-27(35)22-41-2)19-24-10-5-4-6-11-24/h4-13,16,20,26-27,31H,14-15,17-19,21-22H2,1-3H3,(H,34,36)(H,37,38)/t26?,27-,31+/m1/s1. The maximum atomic E-state index is 13.5. The smallest absolute Gasteiger partial charge is 0.326 e. The van der Waals surface area contributed by atoms with Gasteiger partial charge in [0.25, 0.3) is 5.91 Å². The lowest BCUT2D eigenvalue weighted by atomic mass is 9.93. The lowest BCUT2D eigenvalue weighted by Gasteiger charge is -2.30. The first-order valence-electron chi connectivity index (χ1n) is 14.2. The number of benzene rings is 3. The zero-order valence-electron chi connectivity index (χ0n) is 24.5. The van der Waals surface area contributed by atoms with E-state index in [2.05, 4.69) is 34.5 Å². The Balaban J connectivity index is 1.65. The molecule has 1 fully saturated rings. The molecule has 1 amide bonds. The Morgan fingerprint density at radius 3 is 2.33 bits per heavy atom. The topological polar surface area (TPSA) is 113 Å². The van der Waals surface area contributed by atoms with Crippen LogP contribution in [0.4, 0.5) is 0 Å². The number of nitrogens with one attached hydrogen (secondary N) is 1. The Hall–Kier alpha value is -3.53. The average Bonchev–Trinajstić information content (AvgIpc) is 3.31. The SMILES string of the molecule is COC[C@H]1CCC(Cc2ccccc2)N1Cc1ccc(C(=O)N[C@@H](CCS(C)(=O)=O)C(=O)O)c(-c2ccccc2C)c1. The number of rotatable bonds is 13. The van der Waals surface area contributed by atoms with Crippen molar-refractivity contribution in [1.82, 2.24) is 10.2 Å². The van der Waals surface area contributed by atoms with E-state index >= 15 is 0 Å². The fourth-order valence-electron chi connectivity index (χ4n) is 5.77. The highest BCUT2D eigenvalue weighted by molar-refractivity contribution is 7.90. The molecular weight excluding hydrogens is 552 g/mol. The van der Waals surface area contributed by atoms with E-state index in [1.807, 2.05) is 49.4 Å². The molecular formula is C33H40N2O6S. The third-order valence-electron chi connectivity index (χ3n) is 7.95. The molecule has 1 aliphatic heterocycles. The quantitative estimate of drug-likeness (QED) is 0.301. The lowest BCUT2D eigenvalue weighted by molar-refractivity contribution is -0.139. The Morgan fingerprint density at radius 1 is 0.976 bits per heavy atom. The van der Waals surface area contributed by atoms with Gasteiger partial charge in [0, 0.05) is 37.6 Å². The lowest BCUT2D eigenvalue weighted by Crippen LogP contribution is -2.42. The maximum Gasteiger partial charge on any atom is 0.326 e. The summed E-state index contributed by atoms with van der Waals surface area (Å²) in [5, 5.41) is 12.2. The number of aryl methyl sites for hydroxylation is 1. The number of nitrogens with zero attached hydrogens (tertiary/aromatic N) is 1. The maximum absolute atomic E-state index is 13.5. The molecule has 0 bridgehead atoms. The van der Waals surface area contributed by atoms with Crippen LogP contribution in [0.2, 0.25) is 0 Å².